The number of benzene rings is 1. The highest BCUT2D eigenvalue weighted by molar-refractivity contribution is 7.22. The quantitative estimate of drug-likeness (QED) is 0.874. The minimum absolute atomic E-state index is 0.512. The van der Waals surface area contributed by atoms with E-state index in [-0.39, 0.29) is 0 Å². The molecule has 2 aromatic rings. The van der Waals surface area contributed by atoms with Crippen LogP contribution in [0.15, 0.2) is 18.2 Å². The molecule has 0 radical (unpaired) electrons. The number of anilines is 1. The van der Waals surface area contributed by atoms with E-state index in [1.807, 2.05) is 18.2 Å². The van der Waals surface area contributed by atoms with Gasteiger partial charge in [-0.25, -0.2) is 4.98 Å². The maximum atomic E-state index is 5.21. The van der Waals surface area contributed by atoms with Crippen LogP contribution in [0.25, 0.3) is 10.2 Å². The molecule has 0 aliphatic carbocycles. The van der Waals surface area contributed by atoms with Crippen molar-refractivity contribution in [2.24, 2.45) is 0 Å². The van der Waals surface area contributed by atoms with E-state index in [4.69, 9.17) is 4.74 Å². The van der Waals surface area contributed by atoms with Gasteiger partial charge < -0.3 is 15.4 Å². The van der Waals surface area contributed by atoms with E-state index in [2.05, 4.69) is 15.6 Å². The van der Waals surface area contributed by atoms with Crippen LogP contribution in [-0.4, -0.2) is 31.2 Å². The van der Waals surface area contributed by atoms with Gasteiger partial charge in [0, 0.05) is 12.6 Å². The van der Waals surface area contributed by atoms with Crippen LogP contribution in [0.5, 0.6) is 5.75 Å². The Hall–Kier alpha value is -1.33. The summed E-state index contributed by atoms with van der Waals surface area (Å²) in [6.45, 7) is 2.12. The van der Waals surface area contributed by atoms with Crippen molar-refractivity contribution in [1.29, 1.82) is 0 Å². The summed E-state index contributed by atoms with van der Waals surface area (Å²) >= 11 is 1.68. The molecule has 3 rings (SSSR count). The number of nitrogens with one attached hydrogen (secondary N) is 2. The van der Waals surface area contributed by atoms with E-state index >= 15 is 0 Å². The highest BCUT2D eigenvalue weighted by Gasteiger charge is 2.15. The van der Waals surface area contributed by atoms with E-state index in [1.54, 1.807) is 18.4 Å². The van der Waals surface area contributed by atoms with Crippen LogP contribution in [-0.2, 0) is 0 Å². The first kappa shape index (κ1) is 10.8. The van der Waals surface area contributed by atoms with Gasteiger partial charge in [0.15, 0.2) is 5.13 Å². The molecular weight excluding hydrogens is 234 g/mol. The van der Waals surface area contributed by atoms with Crippen LogP contribution < -0.4 is 15.4 Å². The minimum Gasteiger partial charge on any atom is -0.497 e. The molecule has 1 aromatic heterocycles. The highest BCUT2D eigenvalue weighted by Crippen LogP contribution is 2.29. The predicted molar refractivity (Wildman–Crippen MR) is 71.1 cm³/mol. The van der Waals surface area contributed by atoms with Gasteiger partial charge in [0.05, 0.1) is 17.3 Å². The number of fused-ring (bicyclic) bond motifs is 1. The molecule has 5 heteroatoms. The lowest BCUT2D eigenvalue weighted by Crippen LogP contribution is -2.21. The lowest BCUT2D eigenvalue weighted by atomic mass is 10.3. The lowest BCUT2D eigenvalue weighted by molar-refractivity contribution is 0.415. The molecule has 4 nitrogen and oxygen atoms in total. The van der Waals surface area contributed by atoms with E-state index < -0.39 is 0 Å². The monoisotopic (exact) mass is 249 g/mol. The Bertz CT molecular complexity index is 519. The third-order valence-corrected chi connectivity index (χ3v) is 3.93. The molecule has 1 fully saturated rings. The van der Waals surface area contributed by atoms with E-state index in [0.717, 1.165) is 34.2 Å². The number of ether oxygens (including phenoxy) is 1. The average Bonchev–Trinajstić information content (AvgIpc) is 2.96. The van der Waals surface area contributed by atoms with Crippen molar-refractivity contribution < 1.29 is 4.74 Å². The smallest absolute Gasteiger partial charge is 0.184 e. The first-order chi connectivity index (χ1) is 8.35. The second-order valence-electron chi connectivity index (χ2n) is 4.19. The summed E-state index contributed by atoms with van der Waals surface area (Å²) in [7, 11) is 1.69. The number of aromatic nitrogens is 1. The minimum atomic E-state index is 0.512. The largest absolute Gasteiger partial charge is 0.497 e. The highest BCUT2D eigenvalue weighted by atomic mass is 32.1. The summed E-state index contributed by atoms with van der Waals surface area (Å²) in [6, 6.07) is 6.49. The molecule has 17 heavy (non-hydrogen) atoms. The van der Waals surface area contributed by atoms with Crippen LogP contribution in [0.4, 0.5) is 5.13 Å². The van der Waals surface area contributed by atoms with Gasteiger partial charge in [-0.05, 0) is 31.2 Å². The molecule has 1 atom stereocenters. The Balaban J connectivity index is 1.85. The normalized spacial score (nSPS) is 19.7. The third-order valence-electron chi connectivity index (χ3n) is 2.98. The molecule has 1 aromatic carbocycles. The summed E-state index contributed by atoms with van der Waals surface area (Å²) in [4.78, 5) is 4.58. The molecule has 90 valence electrons. The number of thiazole rings is 1. The van der Waals surface area contributed by atoms with Gasteiger partial charge in [-0.15, -0.1) is 0 Å². The molecular formula is C12H15N3OS. The van der Waals surface area contributed by atoms with Crippen LogP contribution in [0, 0.1) is 0 Å². The van der Waals surface area contributed by atoms with Gasteiger partial charge >= 0.3 is 0 Å². The third kappa shape index (κ3) is 2.21. The first-order valence-electron chi connectivity index (χ1n) is 5.77. The molecule has 0 saturated carbocycles. The maximum absolute atomic E-state index is 5.21. The average molecular weight is 249 g/mol. The van der Waals surface area contributed by atoms with Gasteiger partial charge in [0.1, 0.15) is 5.75 Å². The standard InChI is InChI=1S/C12H15N3OS/c1-16-9-2-3-10-11(6-9)17-12(15-10)14-8-4-5-13-7-8/h2-3,6,8,13H,4-5,7H2,1H3,(H,14,15). The van der Waals surface area contributed by atoms with Crippen molar-refractivity contribution in [1.82, 2.24) is 10.3 Å². The zero-order valence-corrected chi connectivity index (χ0v) is 10.5. The van der Waals surface area contributed by atoms with Crippen molar-refractivity contribution in [3.8, 4) is 5.75 Å². The van der Waals surface area contributed by atoms with Gasteiger partial charge in [-0.1, -0.05) is 11.3 Å². The first-order valence-corrected chi connectivity index (χ1v) is 6.58. The lowest BCUT2D eigenvalue weighted by Gasteiger charge is -2.08. The van der Waals surface area contributed by atoms with Crippen molar-refractivity contribution in [3.63, 3.8) is 0 Å². The molecule has 1 unspecified atom stereocenters. The van der Waals surface area contributed by atoms with Crippen molar-refractivity contribution >= 4 is 26.7 Å². The molecule has 0 spiro atoms. The number of hydrogen-bond acceptors (Lipinski definition) is 5. The molecule has 1 aliphatic rings. The van der Waals surface area contributed by atoms with Crippen molar-refractivity contribution in [2.75, 3.05) is 25.5 Å². The van der Waals surface area contributed by atoms with Crippen LogP contribution in [0.2, 0.25) is 0 Å². The Morgan fingerprint density at radius 1 is 1.53 bits per heavy atom. The SMILES string of the molecule is COc1ccc2nc(NC3CCNC3)sc2c1. The number of rotatable bonds is 3. The predicted octanol–water partition coefficient (Wildman–Crippen LogP) is 2.08. The number of hydrogen-bond donors (Lipinski definition) is 2. The second kappa shape index (κ2) is 4.50. The van der Waals surface area contributed by atoms with Crippen LogP contribution in [0.1, 0.15) is 6.42 Å². The van der Waals surface area contributed by atoms with Gasteiger partial charge in [0.2, 0.25) is 0 Å². The van der Waals surface area contributed by atoms with Crippen LogP contribution in [0.3, 0.4) is 0 Å². The summed E-state index contributed by atoms with van der Waals surface area (Å²) in [5, 5.41) is 7.81. The summed E-state index contributed by atoms with van der Waals surface area (Å²) in [5.41, 5.74) is 1.03. The topological polar surface area (TPSA) is 46.2 Å². The van der Waals surface area contributed by atoms with Crippen LogP contribution >= 0.6 is 11.3 Å². The van der Waals surface area contributed by atoms with Gasteiger partial charge in [-0.3, -0.25) is 0 Å². The fraction of sp³-hybridized carbons (Fsp3) is 0.417. The fourth-order valence-corrected chi connectivity index (χ4v) is 3.02. The Kier molecular flexibility index (Phi) is 2.86. The van der Waals surface area contributed by atoms with Gasteiger partial charge in [-0.2, -0.15) is 0 Å². The molecule has 1 saturated heterocycles. The fourth-order valence-electron chi connectivity index (χ4n) is 2.05. The summed E-state index contributed by atoms with van der Waals surface area (Å²) in [6.07, 6.45) is 1.17. The summed E-state index contributed by atoms with van der Waals surface area (Å²) < 4.78 is 6.38. The Morgan fingerprint density at radius 2 is 2.47 bits per heavy atom. The zero-order valence-electron chi connectivity index (χ0n) is 9.69. The Labute approximate surface area is 104 Å². The second-order valence-corrected chi connectivity index (χ2v) is 5.22. The number of nitrogens with zero attached hydrogens (tertiary/aromatic N) is 1. The van der Waals surface area contributed by atoms with Crippen molar-refractivity contribution in [2.45, 2.75) is 12.5 Å². The van der Waals surface area contributed by atoms with E-state index in [0.29, 0.717) is 6.04 Å². The maximum Gasteiger partial charge on any atom is 0.184 e. The Morgan fingerprint density at radius 3 is 3.24 bits per heavy atom. The molecule has 0 bridgehead atoms. The molecule has 2 N–H and O–H groups in total. The summed E-state index contributed by atoms with van der Waals surface area (Å²) in [5.74, 6) is 0.884. The van der Waals surface area contributed by atoms with E-state index in [9.17, 15) is 0 Å². The molecule has 1 aliphatic heterocycles. The molecule has 0 amide bonds. The van der Waals surface area contributed by atoms with Gasteiger partial charge in [0.25, 0.3) is 0 Å². The molecule has 2 heterocycles. The zero-order chi connectivity index (χ0) is 11.7. The number of methoxy groups -OCH3 is 1. The van der Waals surface area contributed by atoms with Crippen molar-refractivity contribution in [3.05, 3.63) is 18.2 Å². The van der Waals surface area contributed by atoms with E-state index in [1.165, 1.54) is 6.42 Å².